The number of benzene rings is 3. The number of ether oxygens (including phenoxy) is 4. The quantitative estimate of drug-likeness (QED) is 0.218. The average Bonchev–Trinajstić information content (AvgIpc) is 3.48. The number of para-hydroxylation sites is 1. The summed E-state index contributed by atoms with van der Waals surface area (Å²) in [6, 6.07) is 18.6. The molecule has 0 aromatic heterocycles. The van der Waals surface area contributed by atoms with Crippen molar-refractivity contribution in [2.45, 2.75) is 32.4 Å². The van der Waals surface area contributed by atoms with Crippen molar-refractivity contribution < 1.29 is 38.2 Å². The summed E-state index contributed by atoms with van der Waals surface area (Å²) in [5.74, 6) is -1.05. The number of fused-ring (bicyclic) bond motifs is 1. The lowest BCUT2D eigenvalue weighted by Crippen LogP contribution is -2.37. The molecule has 5 rings (SSSR count). The molecule has 10 nitrogen and oxygen atoms in total. The average molecular weight is 547 g/mol. The van der Waals surface area contributed by atoms with Crippen LogP contribution >= 0.6 is 0 Å². The highest BCUT2D eigenvalue weighted by Gasteiger charge is 2.60. The Morgan fingerprint density at radius 3 is 2.12 bits per heavy atom. The molecule has 208 valence electrons. The van der Waals surface area contributed by atoms with Gasteiger partial charge in [-0.05, 0) is 60.5 Å². The van der Waals surface area contributed by atoms with Crippen molar-refractivity contribution in [1.82, 2.24) is 0 Å². The van der Waals surface area contributed by atoms with E-state index in [0.29, 0.717) is 29.3 Å². The fraction of sp³-hybridized carbons (Fsp3) is 0.300. The standard InChI is InChI=1S/C30H30N2O8/c1-5-15-38-22-13-11-20(12-14-22)31-29(34)25-26(32(40-28(25)30(31)35)21-9-7-6-8-10-21)19-16-23(36-3)27(39-18(2)33)24(17-19)37-4/h6-14,16-17,25-26,28H,5,15H2,1-4H3/t25-,26+,28+/m0/s1. The maximum absolute atomic E-state index is 14.0. The number of nitrogens with zero attached hydrogens (tertiary/aromatic N) is 2. The van der Waals surface area contributed by atoms with E-state index in [4.69, 9.17) is 23.8 Å². The SMILES string of the molecule is CCCOc1ccc(N2C(=O)[C@H]3[C@@H](c4cc(OC)c(OC(C)=O)c(OC)c4)N(c4ccccc4)O[C@H]3C2=O)cc1. The number of hydrogen-bond acceptors (Lipinski definition) is 9. The number of anilines is 2. The number of hydroxylamine groups is 1. The van der Waals surface area contributed by atoms with Crippen LogP contribution < -0.4 is 28.9 Å². The molecule has 0 N–H and O–H groups in total. The van der Waals surface area contributed by atoms with Crippen LogP contribution in [0.4, 0.5) is 11.4 Å². The van der Waals surface area contributed by atoms with Gasteiger partial charge in [0.2, 0.25) is 11.7 Å². The first-order valence-electron chi connectivity index (χ1n) is 12.9. The Balaban J connectivity index is 1.57. The molecule has 3 aromatic carbocycles. The van der Waals surface area contributed by atoms with Crippen LogP contribution in [0.2, 0.25) is 0 Å². The number of carbonyl (C=O) groups excluding carboxylic acids is 3. The van der Waals surface area contributed by atoms with Gasteiger partial charge in [-0.3, -0.25) is 19.2 Å². The van der Waals surface area contributed by atoms with E-state index in [1.54, 1.807) is 41.5 Å². The zero-order valence-corrected chi connectivity index (χ0v) is 22.7. The molecule has 2 heterocycles. The summed E-state index contributed by atoms with van der Waals surface area (Å²) in [7, 11) is 2.88. The fourth-order valence-corrected chi connectivity index (χ4v) is 5.03. The Morgan fingerprint density at radius 1 is 0.900 bits per heavy atom. The number of rotatable bonds is 9. The van der Waals surface area contributed by atoms with Gasteiger partial charge in [-0.1, -0.05) is 25.1 Å². The van der Waals surface area contributed by atoms with Gasteiger partial charge in [0.15, 0.2) is 17.6 Å². The molecule has 2 amide bonds. The van der Waals surface area contributed by atoms with Gasteiger partial charge < -0.3 is 18.9 Å². The van der Waals surface area contributed by atoms with E-state index in [1.165, 1.54) is 21.1 Å². The van der Waals surface area contributed by atoms with Gasteiger partial charge in [-0.15, -0.1) is 0 Å². The maximum atomic E-state index is 14.0. The maximum Gasteiger partial charge on any atom is 0.308 e. The molecule has 0 spiro atoms. The van der Waals surface area contributed by atoms with Gasteiger partial charge in [0.25, 0.3) is 5.91 Å². The van der Waals surface area contributed by atoms with E-state index >= 15 is 0 Å². The van der Waals surface area contributed by atoms with Crippen LogP contribution in [0.3, 0.4) is 0 Å². The first kappa shape index (κ1) is 27.0. The number of esters is 1. The Kier molecular flexibility index (Phi) is 7.61. The lowest BCUT2D eigenvalue weighted by atomic mass is 9.90. The summed E-state index contributed by atoms with van der Waals surface area (Å²) < 4.78 is 22.0. The lowest BCUT2D eigenvalue weighted by molar-refractivity contribution is -0.132. The molecular formula is C30H30N2O8. The summed E-state index contributed by atoms with van der Waals surface area (Å²) >= 11 is 0. The van der Waals surface area contributed by atoms with Crippen LogP contribution in [0.25, 0.3) is 0 Å². The topological polar surface area (TPSA) is 104 Å². The molecular weight excluding hydrogens is 516 g/mol. The van der Waals surface area contributed by atoms with E-state index in [9.17, 15) is 14.4 Å². The van der Waals surface area contributed by atoms with Gasteiger partial charge in [-0.25, -0.2) is 9.96 Å². The zero-order chi connectivity index (χ0) is 28.4. The second-order valence-corrected chi connectivity index (χ2v) is 9.36. The van der Waals surface area contributed by atoms with Crippen LogP contribution in [0.5, 0.6) is 23.0 Å². The Morgan fingerprint density at radius 2 is 1.55 bits per heavy atom. The highest BCUT2D eigenvalue weighted by atomic mass is 16.7. The van der Waals surface area contributed by atoms with Crippen LogP contribution in [0.15, 0.2) is 66.7 Å². The summed E-state index contributed by atoms with van der Waals surface area (Å²) in [6.45, 7) is 3.86. The van der Waals surface area contributed by atoms with Crippen molar-refractivity contribution in [2.24, 2.45) is 5.92 Å². The molecule has 2 aliphatic heterocycles. The van der Waals surface area contributed by atoms with E-state index in [2.05, 4.69) is 0 Å². The monoisotopic (exact) mass is 546 g/mol. The first-order valence-corrected chi connectivity index (χ1v) is 12.9. The number of carbonyl (C=O) groups is 3. The number of imide groups is 1. The summed E-state index contributed by atoms with van der Waals surface area (Å²) in [4.78, 5) is 46.7. The van der Waals surface area contributed by atoms with E-state index in [0.717, 1.165) is 11.3 Å². The molecule has 0 radical (unpaired) electrons. The van der Waals surface area contributed by atoms with E-state index in [1.807, 2.05) is 37.3 Å². The Labute approximate surface area is 231 Å². The smallest absolute Gasteiger partial charge is 0.308 e. The highest BCUT2D eigenvalue weighted by molar-refractivity contribution is 6.24. The summed E-state index contributed by atoms with van der Waals surface area (Å²) in [5, 5.41) is 1.57. The van der Waals surface area contributed by atoms with Crippen molar-refractivity contribution in [1.29, 1.82) is 0 Å². The molecule has 2 saturated heterocycles. The summed E-state index contributed by atoms with van der Waals surface area (Å²) in [6.07, 6.45) is -0.193. The largest absolute Gasteiger partial charge is 0.494 e. The minimum atomic E-state index is -1.06. The minimum absolute atomic E-state index is 0.115. The van der Waals surface area contributed by atoms with Gasteiger partial charge >= 0.3 is 5.97 Å². The van der Waals surface area contributed by atoms with Gasteiger partial charge in [0, 0.05) is 6.92 Å². The molecule has 2 fully saturated rings. The third kappa shape index (κ3) is 4.82. The normalized spacial score (nSPS) is 19.9. The third-order valence-electron chi connectivity index (χ3n) is 6.76. The molecule has 10 heteroatoms. The molecule has 2 aliphatic rings. The molecule has 0 saturated carbocycles. The van der Waals surface area contributed by atoms with Crippen molar-refractivity contribution in [3.63, 3.8) is 0 Å². The number of hydrogen-bond donors (Lipinski definition) is 0. The summed E-state index contributed by atoms with van der Waals surface area (Å²) in [5.41, 5.74) is 1.67. The van der Waals surface area contributed by atoms with Crippen molar-refractivity contribution >= 4 is 29.2 Å². The van der Waals surface area contributed by atoms with Crippen molar-refractivity contribution in [3.05, 3.63) is 72.3 Å². The molecule has 0 unspecified atom stereocenters. The zero-order valence-electron chi connectivity index (χ0n) is 22.7. The molecule has 0 bridgehead atoms. The predicted octanol–water partition coefficient (Wildman–Crippen LogP) is 4.47. The van der Waals surface area contributed by atoms with Crippen molar-refractivity contribution in [2.75, 3.05) is 30.8 Å². The Hall–Kier alpha value is -4.57. The number of amides is 2. The van der Waals surface area contributed by atoms with Crippen LogP contribution in [0, 0.1) is 5.92 Å². The van der Waals surface area contributed by atoms with Gasteiger partial charge in [0.05, 0.1) is 38.2 Å². The number of methoxy groups -OCH3 is 2. The fourth-order valence-electron chi connectivity index (χ4n) is 5.03. The predicted molar refractivity (Wildman–Crippen MR) is 146 cm³/mol. The van der Waals surface area contributed by atoms with Gasteiger partial charge in [0.1, 0.15) is 11.7 Å². The van der Waals surface area contributed by atoms with Crippen LogP contribution in [-0.4, -0.2) is 44.7 Å². The lowest BCUT2D eigenvalue weighted by Gasteiger charge is -2.29. The van der Waals surface area contributed by atoms with E-state index < -0.39 is 35.8 Å². The molecule has 3 atom stereocenters. The molecule has 0 aliphatic carbocycles. The molecule has 40 heavy (non-hydrogen) atoms. The minimum Gasteiger partial charge on any atom is -0.494 e. The second kappa shape index (κ2) is 11.3. The highest BCUT2D eigenvalue weighted by Crippen LogP contribution is 2.50. The van der Waals surface area contributed by atoms with Crippen molar-refractivity contribution in [3.8, 4) is 23.0 Å². The van der Waals surface area contributed by atoms with Crippen LogP contribution in [-0.2, 0) is 19.2 Å². The third-order valence-corrected chi connectivity index (χ3v) is 6.76. The second-order valence-electron chi connectivity index (χ2n) is 9.36. The first-order chi connectivity index (χ1) is 19.4. The Bertz CT molecular complexity index is 1380. The van der Waals surface area contributed by atoms with Gasteiger partial charge in [-0.2, -0.15) is 0 Å². The molecule has 3 aromatic rings. The van der Waals surface area contributed by atoms with E-state index in [-0.39, 0.29) is 17.2 Å². The van der Waals surface area contributed by atoms with Crippen LogP contribution in [0.1, 0.15) is 31.9 Å².